The summed E-state index contributed by atoms with van der Waals surface area (Å²) in [6.45, 7) is 1.17. The Labute approximate surface area is 233 Å². The van der Waals surface area contributed by atoms with Crippen LogP contribution in [0.4, 0.5) is 10.8 Å². The van der Waals surface area contributed by atoms with Crippen LogP contribution in [-0.2, 0) is 14.8 Å². The van der Waals surface area contributed by atoms with Crippen molar-refractivity contribution in [3.05, 3.63) is 88.0 Å². The first-order chi connectivity index (χ1) is 19.3. The molecule has 1 aromatic heterocycles. The van der Waals surface area contributed by atoms with Crippen molar-refractivity contribution in [2.75, 3.05) is 38.4 Å². The lowest BCUT2D eigenvalue weighted by Crippen LogP contribution is -2.40. The quantitative estimate of drug-likeness (QED) is 0.173. The van der Waals surface area contributed by atoms with E-state index < -0.39 is 20.9 Å². The van der Waals surface area contributed by atoms with Gasteiger partial charge in [-0.2, -0.15) is 14.4 Å². The Hall–Kier alpha value is -4.24. The van der Waals surface area contributed by atoms with E-state index in [1.165, 1.54) is 70.4 Å². The van der Waals surface area contributed by atoms with E-state index in [9.17, 15) is 23.3 Å². The number of rotatable bonds is 8. The van der Waals surface area contributed by atoms with E-state index >= 15 is 0 Å². The van der Waals surface area contributed by atoms with Crippen molar-refractivity contribution in [2.45, 2.75) is 4.90 Å². The van der Waals surface area contributed by atoms with E-state index in [0.717, 1.165) is 9.71 Å². The predicted octanol–water partition coefficient (Wildman–Crippen LogP) is 3.91. The molecule has 206 valence electrons. The molecule has 4 aromatic rings. The van der Waals surface area contributed by atoms with Crippen molar-refractivity contribution >= 4 is 54.5 Å². The van der Waals surface area contributed by atoms with Crippen molar-refractivity contribution in [2.24, 2.45) is 5.10 Å². The number of aromatic nitrogens is 1. The summed E-state index contributed by atoms with van der Waals surface area (Å²) in [4.78, 5) is 28.8. The number of methoxy groups -OCH3 is 1. The predicted molar refractivity (Wildman–Crippen MR) is 150 cm³/mol. The van der Waals surface area contributed by atoms with E-state index in [0.29, 0.717) is 30.0 Å². The molecule has 0 radical (unpaired) electrons. The van der Waals surface area contributed by atoms with E-state index in [1.807, 2.05) is 0 Å². The van der Waals surface area contributed by atoms with Gasteiger partial charge in [-0.25, -0.2) is 13.4 Å². The molecule has 0 spiro atoms. The van der Waals surface area contributed by atoms with Gasteiger partial charge in [-0.3, -0.25) is 14.9 Å². The number of carbonyl (C=O) groups is 1. The third-order valence-electron chi connectivity index (χ3n) is 6.09. The number of hydrogen-bond acceptors (Lipinski definition) is 10. The zero-order valence-corrected chi connectivity index (χ0v) is 22.8. The summed E-state index contributed by atoms with van der Waals surface area (Å²) < 4.78 is 38.6. The van der Waals surface area contributed by atoms with Crippen LogP contribution in [0.15, 0.2) is 76.7 Å². The molecule has 12 nitrogen and oxygen atoms in total. The maximum absolute atomic E-state index is 13.7. The number of hydrazone groups is 1. The highest BCUT2D eigenvalue weighted by molar-refractivity contribution is 7.89. The molecule has 1 saturated heterocycles. The maximum Gasteiger partial charge on any atom is 0.280 e. The number of nitro benzene ring substituents is 1. The third-order valence-corrected chi connectivity index (χ3v) is 9.00. The molecule has 5 rings (SSSR count). The zero-order chi connectivity index (χ0) is 28.3. The van der Waals surface area contributed by atoms with Gasteiger partial charge in [0, 0.05) is 30.8 Å². The lowest BCUT2D eigenvalue weighted by Gasteiger charge is -2.26. The van der Waals surface area contributed by atoms with Crippen LogP contribution < -0.4 is 9.75 Å². The summed E-state index contributed by atoms with van der Waals surface area (Å²) in [7, 11) is -2.18. The Kier molecular flexibility index (Phi) is 7.84. The second kappa shape index (κ2) is 11.5. The van der Waals surface area contributed by atoms with Gasteiger partial charge in [0.15, 0.2) is 0 Å². The number of benzene rings is 3. The first kappa shape index (κ1) is 27.3. The van der Waals surface area contributed by atoms with Crippen molar-refractivity contribution in [3.8, 4) is 5.75 Å². The van der Waals surface area contributed by atoms with Gasteiger partial charge >= 0.3 is 0 Å². The summed E-state index contributed by atoms with van der Waals surface area (Å²) in [5.41, 5.74) is 1.28. The fourth-order valence-corrected chi connectivity index (χ4v) is 6.29. The molecule has 0 N–H and O–H groups in total. The van der Waals surface area contributed by atoms with Gasteiger partial charge in [-0.05, 0) is 60.2 Å². The van der Waals surface area contributed by atoms with Crippen molar-refractivity contribution in [1.29, 1.82) is 0 Å². The van der Waals surface area contributed by atoms with Gasteiger partial charge in [0.05, 0.1) is 46.6 Å². The number of hydrogen-bond donors (Lipinski definition) is 0. The van der Waals surface area contributed by atoms with Gasteiger partial charge in [0.25, 0.3) is 11.6 Å². The topological polar surface area (TPSA) is 145 Å². The Morgan fingerprint density at radius 3 is 2.48 bits per heavy atom. The van der Waals surface area contributed by atoms with E-state index in [1.54, 1.807) is 25.3 Å². The molecule has 0 aliphatic carbocycles. The fourth-order valence-electron chi connectivity index (χ4n) is 3.93. The van der Waals surface area contributed by atoms with Gasteiger partial charge in [-0.15, -0.1) is 0 Å². The van der Waals surface area contributed by atoms with Crippen molar-refractivity contribution in [1.82, 2.24) is 9.29 Å². The highest BCUT2D eigenvalue weighted by Gasteiger charge is 2.27. The summed E-state index contributed by atoms with van der Waals surface area (Å²) >= 11 is 1.22. The van der Waals surface area contributed by atoms with Gasteiger partial charge < -0.3 is 9.47 Å². The van der Waals surface area contributed by atoms with E-state index in [-0.39, 0.29) is 34.4 Å². The van der Waals surface area contributed by atoms with Crippen LogP contribution in [0.25, 0.3) is 10.2 Å². The average molecular weight is 582 g/mol. The molecule has 0 atom stereocenters. The van der Waals surface area contributed by atoms with Crippen molar-refractivity contribution in [3.63, 3.8) is 0 Å². The monoisotopic (exact) mass is 581 g/mol. The molecule has 1 amide bonds. The van der Waals surface area contributed by atoms with Gasteiger partial charge in [0.1, 0.15) is 5.75 Å². The first-order valence-corrected chi connectivity index (χ1v) is 14.3. The number of carbonyl (C=O) groups excluding carboxylic acids is 1. The second-order valence-corrected chi connectivity index (χ2v) is 11.5. The molecule has 1 aliphatic heterocycles. The number of nitro groups is 1. The lowest BCUT2D eigenvalue weighted by molar-refractivity contribution is -0.384. The maximum atomic E-state index is 13.7. The smallest absolute Gasteiger partial charge is 0.280 e. The normalized spacial score (nSPS) is 14.4. The SMILES string of the molecule is COc1ccc2nc(N(/N=C/c3ccc([N+](=O)[O-])cc3)C(=O)c3ccc(S(=O)(=O)N4CCOCC4)cc3)sc2c1. The standard InChI is InChI=1S/C26H23N5O7S2/c1-37-21-8-11-23-24(16-21)39-26(28-23)30(27-17-18-2-6-20(7-3-18)31(33)34)25(32)19-4-9-22(10-5-19)40(35,36)29-12-14-38-15-13-29/h2-11,16-17H,12-15H2,1H3/b27-17+. The first-order valence-electron chi connectivity index (χ1n) is 12.0. The minimum Gasteiger partial charge on any atom is -0.497 e. The number of thiazole rings is 1. The highest BCUT2D eigenvalue weighted by atomic mass is 32.2. The molecular weight excluding hydrogens is 558 g/mol. The molecular formula is C26H23N5O7S2. The molecule has 1 fully saturated rings. The lowest BCUT2D eigenvalue weighted by atomic mass is 10.2. The van der Waals surface area contributed by atoms with Gasteiger partial charge in [-0.1, -0.05) is 11.3 Å². The van der Waals surface area contributed by atoms with Crippen LogP contribution in [0.3, 0.4) is 0 Å². The van der Waals surface area contributed by atoms with Crippen LogP contribution in [0, 0.1) is 10.1 Å². The molecule has 0 bridgehead atoms. The minimum absolute atomic E-state index is 0.0685. The summed E-state index contributed by atoms with van der Waals surface area (Å²) in [5, 5.41) is 16.7. The third kappa shape index (κ3) is 5.70. The molecule has 1 aliphatic rings. The van der Waals surface area contributed by atoms with Crippen LogP contribution >= 0.6 is 11.3 Å². The van der Waals surface area contributed by atoms with E-state index in [2.05, 4.69) is 10.1 Å². The summed E-state index contributed by atoms with van der Waals surface area (Å²) in [5.74, 6) is 0.0894. The molecule has 0 saturated carbocycles. The Morgan fingerprint density at radius 1 is 1.12 bits per heavy atom. The highest BCUT2D eigenvalue weighted by Crippen LogP contribution is 2.32. The Balaban J connectivity index is 1.47. The zero-order valence-electron chi connectivity index (χ0n) is 21.2. The van der Waals surface area contributed by atoms with E-state index in [4.69, 9.17) is 9.47 Å². The minimum atomic E-state index is -3.73. The number of nitrogens with zero attached hydrogens (tertiary/aromatic N) is 5. The average Bonchev–Trinajstić information content (AvgIpc) is 3.41. The number of morpholine rings is 1. The number of amides is 1. The Bertz CT molecular complexity index is 1680. The number of fused-ring (bicyclic) bond motifs is 1. The summed E-state index contributed by atoms with van der Waals surface area (Å²) in [6, 6.07) is 16.7. The second-order valence-electron chi connectivity index (χ2n) is 8.58. The van der Waals surface area contributed by atoms with Crippen LogP contribution in [-0.4, -0.2) is 68.2 Å². The van der Waals surface area contributed by atoms with Gasteiger partial charge in [0.2, 0.25) is 15.2 Å². The fraction of sp³-hybridized carbons (Fsp3) is 0.192. The molecule has 3 aromatic carbocycles. The number of non-ortho nitro benzene ring substituents is 1. The van der Waals surface area contributed by atoms with Crippen LogP contribution in [0.2, 0.25) is 0 Å². The van der Waals surface area contributed by atoms with Crippen LogP contribution in [0.5, 0.6) is 5.75 Å². The van der Waals surface area contributed by atoms with Crippen LogP contribution in [0.1, 0.15) is 15.9 Å². The molecule has 0 unspecified atom stereocenters. The number of sulfonamides is 1. The number of anilines is 1. The largest absolute Gasteiger partial charge is 0.497 e. The number of ether oxygens (including phenoxy) is 2. The summed E-state index contributed by atoms with van der Waals surface area (Å²) in [6.07, 6.45) is 1.39. The van der Waals surface area contributed by atoms with Crippen molar-refractivity contribution < 1.29 is 27.6 Å². The molecule has 14 heteroatoms. The molecule has 2 heterocycles. The molecule has 40 heavy (non-hydrogen) atoms. The Morgan fingerprint density at radius 2 is 1.82 bits per heavy atom.